The fourth-order valence-corrected chi connectivity index (χ4v) is 0.829. The molecule has 0 atom stereocenters. The Morgan fingerprint density at radius 2 is 0.875 bits per heavy atom. The molecule has 0 radical (unpaired) electrons. The molecule has 1 rings (SSSR count). The molecule has 0 aliphatic carbocycles. The summed E-state index contributed by atoms with van der Waals surface area (Å²) in [6, 6.07) is 0. The maximum Gasteiger partial charge on any atom is 0.200 e. The summed E-state index contributed by atoms with van der Waals surface area (Å²) in [5, 5.41) is 20.2. The molecule has 0 fully saturated rings. The monoisotopic (exact) mass is 246 g/mol. The third-order valence-electron chi connectivity index (χ3n) is 1.48. The molecule has 4 nitrogen and oxygen atoms in total. The van der Waals surface area contributed by atoms with Gasteiger partial charge in [-0.2, -0.15) is 0 Å². The van der Waals surface area contributed by atoms with Crippen LogP contribution in [0.1, 0.15) is 0 Å². The lowest BCUT2D eigenvalue weighted by Crippen LogP contribution is -2.58. The molecule has 0 aromatic heterocycles. The third-order valence-corrected chi connectivity index (χ3v) is 1.48. The Balaban J connectivity index is 0. The van der Waals surface area contributed by atoms with Gasteiger partial charge in [0.2, 0.25) is 0 Å². The summed E-state index contributed by atoms with van der Waals surface area (Å²) in [6.45, 7) is 0. The van der Waals surface area contributed by atoms with E-state index in [0.717, 1.165) is 0 Å². The van der Waals surface area contributed by atoms with Crippen molar-refractivity contribution in [3.8, 4) is 0 Å². The number of rotatable bonds is 1. The lowest BCUT2D eigenvalue weighted by atomic mass is 9.79. The van der Waals surface area contributed by atoms with E-state index in [1.807, 2.05) is 0 Å². The first-order valence-electron chi connectivity index (χ1n) is 3.20. The van der Waals surface area contributed by atoms with Crippen molar-refractivity contribution in [2.75, 3.05) is 0 Å². The minimum absolute atomic E-state index is 0. The van der Waals surface area contributed by atoms with E-state index in [0.29, 0.717) is 0 Å². The van der Waals surface area contributed by atoms with Gasteiger partial charge in [0, 0.05) is 0 Å². The first kappa shape index (κ1) is 17.2. The van der Waals surface area contributed by atoms with Gasteiger partial charge in [-0.15, -0.1) is 0 Å². The Hall–Kier alpha value is -1.23. The Bertz CT molecular complexity index is 361. The van der Waals surface area contributed by atoms with Crippen molar-refractivity contribution in [3.05, 3.63) is 29.1 Å². The van der Waals surface area contributed by atoms with E-state index < -0.39 is 41.7 Å². The quantitative estimate of drug-likeness (QED) is 0.302. The zero-order chi connectivity index (χ0) is 11.0. The molecular weight excluding hydrogens is 238 g/mol. The molecule has 0 aliphatic heterocycles. The molecule has 0 unspecified atom stereocenters. The van der Waals surface area contributed by atoms with Crippen molar-refractivity contribution in [3.63, 3.8) is 0 Å². The van der Waals surface area contributed by atoms with Gasteiger partial charge in [0.1, 0.15) is 0 Å². The van der Waals surface area contributed by atoms with Crippen LogP contribution >= 0.6 is 0 Å². The Kier molecular flexibility index (Phi) is 6.17. The second-order valence-electron chi connectivity index (χ2n) is 2.32. The summed E-state index contributed by atoms with van der Waals surface area (Å²) in [5.41, 5.74) is -1.89. The SMILES string of the molecule is [NH4+].[NH4+].[O-]B([O-])c1c(F)c(F)c(F)c(F)c1F. The molecule has 0 saturated heterocycles. The fourth-order valence-electron chi connectivity index (χ4n) is 0.829. The summed E-state index contributed by atoms with van der Waals surface area (Å²) in [7, 11) is -3.26. The zero-order valence-electron chi connectivity index (χ0n) is 8.28. The van der Waals surface area contributed by atoms with E-state index in [9.17, 15) is 32.0 Å². The molecular formula is C6H8BF5N2O2. The summed E-state index contributed by atoms with van der Waals surface area (Å²) >= 11 is 0. The minimum Gasteiger partial charge on any atom is -0.889 e. The van der Waals surface area contributed by atoms with Crippen LogP contribution in [0, 0.1) is 29.1 Å². The molecule has 0 aliphatic rings. The van der Waals surface area contributed by atoms with E-state index in [1.54, 1.807) is 0 Å². The predicted octanol–water partition coefficient (Wildman–Crippen LogP) is -0.450. The van der Waals surface area contributed by atoms with Gasteiger partial charge >= 0.3 is 0 Å². The first-order chi connectivity index (χ1) is 6.37. The largest absolute Gasteiger partial charge is 0.889 e. The summed E-state index contributed by atoms with van der Waals surface area (Å²) in [5.74, 6) is -11.7. The van der Waals surface area contributed by atoms with Crippen LogP contribution in [-0.2, 0) is 0 Å². The second kappa shape index (κ2) is 5.75. The molecule has 0 spiro atoms. The van der Waals surface area contributed by atoms with Gasteiger partial charge in [0.15, 0.2) is 29.1 Å². The zero-order valence-corrected chi connectivity index (χ0v) is 8.28. The van der Waals surface area contributed by atoms with Gasteiger partial charge in [-0.1, -0.05) is 7.12 Å². The van der Waals surface area contributed by atoms with Crippen LogP contribution in [0.5, 0.6) is 0 Å². The molecule has 1 aromatic rings. The highest BCUT2D eigenvalue weighted by Gasteiger charge is 2.23. The van der Waals surface area contributed by atoms with Gasteiger partial charge in [-0.05, 0) is 5.46 Å². The summed E-state index contributed by atoms with van der Waals surface area (Å²) < 4.78 is 62.0. The highest BCUT2D eigenvalue weighted by Crippen LogP contribution is 2.15. The molecule has 92 valence electrons. The van der Waals surface area contributed by atoms with Gasteiger partial charge in [-0.25, -0.2) is 22.0 Å². The van der Waals surface area contributed by atoms with E-state index in [-0.39, 0.29) is 12.3 Å². The standard InChI is InChI=1S/C6BF5O2.2H3N/c8-2-1(7(13)14)3(9)5(11)6(12)4(2)10;;/h;2*1H3/q-2;;/p+2. The lowest BCUT2D eigenvalue weighted by molar-refractivity contribution is -0.341. The van der Waals surface area contributed by atoms with E-state index in [2.05, 4.69) is 0 Å². The maximum atomic E-state index is 12.5. The van der Waals surface area contributed by atoms with Crippen LogP contribution in [0.4, 0.5) is 22.0 Å². The molecule has 16 heavy (non-hydrogen) atoms. The molecule has 10 heteroatoms. The topological polar surface area (TPSA) is 119 Å². The molecule has 8 N–H and O–H groups in total. The van der Waals surface area contributed by atoms with Crippen molar-refractivity contribution in [2.45, 2.75) is 0 Å². The van der Waals surface area contributed by atoms with Crippen LogP contribution < -0.4 is 27.8 Å². The molecule has 0 saturated carbocycles. The van der Waals surface area contributed by atoms with Crippen molar-refractivity contribution >= 4 is 12.6 Å². The van der Waals surface area contributed by atoms with Crippen LogP contribution in [0.25, 0.3) is 0 Å². The summed E-state index contributed by atoms with van der Waals surface area (Å²) in [6.07, 6.45) is 0. The van der Waals surface area contributed by atoms with E-state index in [1.165, 1.54) is 0 Å². The van der Waals surface area contributed by atoms with Crippen molar-refractivity contribution < 1.29 is 32.0 Å². The average molecular weight is 246 g/mol. The van der Waals surface area contributed by atoms with Gasteiger partial charge in [0.25, 0.3) is 0 Å². The Morgan fingerprint density at radius 3 is 1.12 bits per heavy atom. The average Bonchev–Trinajstić information content (AvgIpc) is 2.11. The van der Waals surface area contributed by atoms with Gasteiger partial charge in [0.05, 0.1) is 0 Å². The predicted molar refractivity (Wildman–Crippen MR) is 43.6 cm³/mol. The van der Waals surface area contributed by atoms with Gasteiger partial charge in [-0.3, -0.25) is 0 Å². The number of hydrogen-bond acceptors (Lipinski definition) is 2. The van der Waals surface area contributed by atoms with E-state index in [4.69, 9.17) is 0 Å². The highest BCUT2D eigenvalue weighted by atomic mass is 19.2. The summed E-state index contributed by atoms with van der Waals surface area (Å²) in [4.78, 5) is 0. The molecule has 0 bridgehead atoms. The van der Waals surface area contributed by atoms with Crippen LogP contribution in [-0.4, -0.2) is 7.12 Å². The van der Waals surface area contributed by atoms with Gasteiger partial charge < -0.3 is 22.3 Å². The second-order valence-corrected chi connectivity index (χ2v) is 2.32. The Morgan fingerprint density at radius 1 is 0.625 bits per heavy atom. The van der Waals surface area contributed by atoms with Crippen molar-refractivity contribution in [1.29, 1.82) is 0 Å². The van der Waals surface area contributed by atoms with Crippen molar-refractivity contribution in [1.82, 2.24) is 12.3 Å². The van der Waals surface area contributed by atoms with E-state index >= 15 is 0 Å². The smallest absolute Gasteiger partial charge is 0.200 e. The minimum atomic E-state index is -3.26. The normalized spacial score (nSPS) is 9.19. The lowest BCUT2D eigenvalue weighted by Gasteiger charge is -2.27. The first-order valence-corrected chi connectivity index (χ1v) is 3.20. The number of hydrogen-bond donors (Lipinski definition) is 2. The Labute approximate surface area is 87.0 Å². The number of quaternary nitrogens is 2. The number of benzene rings is 1. The third kappa shape index (κ3) is 2.47. The molecule has 1 aromatic carbocycles. The highest BCUT2D eigenvalue weighted by molar-refractivity contribution is 6.55. The van der Waals surface area contributed by atoms with Crippen LogP contribution in [0.15, 0.2) is 0 Å². The van der Waals surface area contributed by atoms with Crippen LogP contribution in [0.3, 0.4) is 0 Å². The fraction of sp³-hybridized carbons (Fsp3) is 0. The maximum absolute atomic E-state index is 12.5. The van der Waals surface area contributed by atoms with Crippen molar-refractivity contribution in [2.24, 2.45) is 0 Å². The van der Waals surface area contributed by atoms with Crippen LogP contribution in [0.2, 0.25) is 0 Å². The number of halogens is 5. The molecule has 0 amide bonds. The molecule has 0 heterocycles.